The van der Waals surface area contributed by atoms with Crippen molar-refractivity contribution in [1.82, 2.24) is 0 Å². The topological polar surface area (TPSA) is 113 Å². The van der Waals surface area contributed by atoms with Gasteiger partial charge in [-0.25, -0.2) is 0 Å². The molecule has 7 nitrogen and oxygen atoms in total. The van der Waals surface area contributed by atoms with Crippen LogP contribution in [0.3, 0.4) is 0 Å². The highest BCUT2D eigenvalue weighted by molar-refractivity contribution is 5.93. The monoisotopic (exact) mass is 284 g/mol. The molecule has 0 unspecified atom stereocenters. The molecule has 0 aliphatic rings. The van der Waals surface area contributed by atoms with Gasteiger partial charge in [0.15, 0.2) is 0 Å². The van der Waals surface area contributed by atoms with E-state index >= 15 is 0 Å². The van der Waals surface area contributed by atoms with Crippen LogP contribution >= 0.6 is 0 Å². The van der Waals surface area contributed by atoms with Crippen LogP contribution in [0.4, 0.5) is 10.1 Å². The van der Waals surface area contributed by atoms with E-state index in [9.17, 15) is 24.1 Å². The predicted molar refractivity (Wildman–Crippen MR) is 66.5 cm³/mol. The van der Waals surface area contributed by atoms with E-state index in [2.05, 4.69) is 4.74 Å². The Balaban J connectivity index is 3.08. The summed E-state index contributed by atoms with van der Waals surface area (Å²) in [5.74, 6) is -2.55. The van der Waals surface area contributed by atoms with Gasteiger partial charge in [0, 0.05) is 18.1 Å². The highest BCUT2D eigenvalue weighted by Crippen LogP contribution is 2.24. The number of nitrogens with two attached hydrogens (primary N) is 1. The van der Waals surface area contributed by atoms with E-state index in [0.29, 0.717) is 0 Å². The van der Waals surface area contributed by atoms with Gasteiger partial charge in [-0.2, -0.15) is 4.39 Å². The molecule has 0 aliphatic heterocycles. The van der Waals surface area contributed by atoms with Gasteiger partial charge in [-0.05, 0) is 25.0 Å². The van der Waals surface area contributed by atoms with E-state index < -0.39 is 28.3 Å². The Kier molecular flexibility index (Phi) is 5.13. The first-order valence-corrected chi connectivity index (χ1v) is 5.79. The summed E-state index contributed by atoms with van der Waals surface area (Å²) in [6.45, 7) is 1.81. The zero-order valence-electron chi connectivity index (χ0n) is 10.7. The fraction of sp³-hybridized carbons (Fsp3) is 0.333. The van der Waals surface area contributed by atoms with Crippen LogP contribution in [-0.2, 0) is 16.0 Å². The highest BCUT2D eigenvalue weighted by atomic mass is 19.1. The van der Waals surface area contributed by atoms with Crippen LogP contribution in [0.1, 0.15) is 29.3 Å². The van der Waals surface area contributed by atoms with Gasteiger partial charge in [-0.3, -0.25) is 19.7 Å². The van der Waals surface area contributed by atoms with Gasteiger partial charge in [-0.15, -0.1) is 0 Å². The Morgan fingerprint density at radius 3 is 2.60 bits per heavy atom. The van der Waals surface area contributed by atoms with Crippen LogP contribution in [0, 0.1) is 15.9 Å². The largest absolute Gasteiger partial charge is 0.466 e. The summed E-state index contributed by atoms with van der Waals surface area (Å²) in [4.78, 5) is 32.0. The first-order valence-electron chi connectivity index (χ1n) is 5.79. The van der Waals surface area contributed by atoms with Gasteiger partial charge in [0.05, 0.1) is 11.5 Å². The molecule has 1 rings (SSSR count). The summed E-state index contributed by atoms with van der Waals surface area (Å²) < 4.78 is 18.5. The predicted octanol–water partition coefficient (Wildman–Crippen LogP) is 1.33. The number of carbonyl (C=O) groups excluding carboxylic acids is 2. The number of hydrogen-bond donors (Lipinski definition) is 1. The fourth-order valence-corrected chi connectivity index (χ4v) is 1.59. The number of amides is 1. The molecule has 20 heavy (non-hydrogen) atoms. The van der Waals surface area contributed by atoms with Gasteiger partial charge in [0.25, 0.3) is 0 Å². The first kappa shape index (κ1) is 15.5. The van der Waals surface area contributed by atoms with Crippen molar-refractivity contribution in [3.63, 3.8) is 0 Å². The van der Waals surface area contributed by atoms with E-state index in [4.69, 9.17) is 5.73 Å². The summed E-state index contributed by atoms with van der Waals surface area (Å²) in [5, 5.41) is 10.7. The maximum absolute atomic E-state index is 13.9. The van der Waals surface area contributed by atoms with Gasteiger partial charge in [0.1, 0.15) is 0 Å². The molecule has 0 saturated heterocycles. The van der Waals surface area contributed by atoms with Crippen LogP contribution < -0.4 is 5.73 Å². The lowest BCUT2D eigenvalue weighted by molar-refractivity contribution is -0.387. The SMILES string of the molecule is CCOC(=O)CCc1cc(C(N)=O)cc([N+](=O)[O-])c1F. The number of nitro groups is 1. The van der Waals surface area contributed by atoms with Gasteiger partial charge in [-0.1, -0.05) is 0 Å². The number of esters is 1. The van der Waals surface area contributed by atoms with Crippen molar-refractivity contribution in [3.05, 3.63) is 39.2 Å². The van der Waals surface area contributed by atoms with Crippen molar-refractivity contribution in [3.8, 4) is 0 Å². The summed E-state index contributed by atoms with van der Waals surface area (Å²) in [6, 6.07) is 1.87. The maximum atomic E-state index is 13.9. The minimum Gasteiger partial charge on any atom is -0.466 e. The highest BCUT2D eigenvalue weighted by Gasteiger charge is 2.21. The standard InChI is InChI=1S/C12H13FN2O5/c1-2-20-10(16)4-3-7-5-8(12(14)17)6-9(11(7)13)15(18)19/h5-6H,2-4H2,1H3,(H2,14,17). The smallest absolute Gasteiger partial charge is 0.306 e. The molecule has 0 saturated carbocycles. The van der Waals surface area contributed by atoms with E-state index in [1.54, 1.807) is 6.92 Å². The van der Waals surface area contributed by atoms with Gasteiger partial charge >= 0.3 is 11.7 Å². The molecular weight excluding hydrogens is 271 g/mol. The Hall–Kier alpha value is -2.51. The number of aryl methyl sites for hydroxylation is 1. The third-order valence-electron chi connectivity index (χ3n) is 2.51. The normalized spacial score (nSPS) is 10.1. The number of rotatable bonds is 6. The van der Waals surface area contributed by atoms with Crippen molar-refractivity contribution in [2.24, 2.45) is 5.73 Å². The average molecular weight is 284 g/mol. The molecule has 108 valence electrons. The zero-order chi connectivity index (χ0) is 15.3. The second kappa shape index (κ2) is 6.60. The molecule has 0 bridgehead atoms. The average Bonchev–Trinajstić information content (AvgIpc) is 2.37. The molecule has 2 N–H and O–H groups in total. The minimum atomic E-state index is -1.08. The lowest BCUT2D eigenvalue weighted by atomic mass is 10.0. The van der Waals surface area contributed by atoms with E-state index in [0.717, 1.165) is 12.1 Å². The summed E-state index contributed by atoms with van der Waals surface area (Å²) in [7, 11) is 0. The number of benzene rings is 1. The maximum Gasteiger partial charge on any atom is 0.306 e. The van der Waals surface area contributed by atoms with Crippen LogP contribution in [0.25, 0.3) is 0 Å². The van der Waals surface area contributed by atoms with Crippen LogP contribution in [0.2, 0.25) is 0 Å². The van der Waals surface area contributed by atoms with Crippen LogP contribution in [-0.4, -0.2) is 23.4 Å². The third kappa shape index (κ3) is 3.74. The van der Waals surface area contributed by atoms with E-state index in [1.165, 1.54) is 0 Å². The zero-order valence-corrected chi connectivity index (χ0v) is 10.7. The van der Waals surface area contributed by atoms with Gasteiger partial charge < -0.3 is 10.5 Å². The molecule has 0 aromatic heterocycles. The van der Waals surface area contributed by atoms with Gasteiger partial charge in [0.2, 0.25) is 11.7 Å². The Morgan fingerprint density at radius 1 is 1.45 bits per heavy atom. The number of halogens is 1. The number of nitro benzene ring substituents is 1. The first-order chi connectivity index (χ1) is 9.36. The summed E-state index contributed by atoms with van der Waals surface area (Å²) >= 11 is 0. The molecule has 0 atom stereocenters. The number of nitrogens with zero attached hydrogens (tertiary/aromatic N) is 1. The molecule has 8 heteroatoms. The molecule has 0 aliphatic carbocycles. The third-order valence-corrected chi connectivity index (χ3v) is 2.51. The van der Waals surface area contributed by atoms with Crippen molar-refractivity contribution in [1.29, 1.82) is 0 Å². The molecule has 0 fully saturated rings. The minimum absolute atomic E-state index is 0.118. The molecule has 0 radical (unpaired) electrons. The van der Waals surface area contributed by atoms with Crippen molar-refractivity contribution < 1.29 is 23.6 Å². The quantitative estimate of drug-likeness (QED) is 0.481. The van der Waals surface area contributed by atoms with Crippen molar-refractivity contribution in [2.45, 2.75) is 19.8 Å². The number of carbonyl (C=O) groups is 2. The van der Waals surface area contributed by atoms with Crippen LogP contribution in [0.15, 0.2) is 12.1 Å². The van der Waals surface area contributed by atoms with Crippen molar-refractivity contribution >= 4 is 17.6 Å². The molecule has 0 heterocycles. The second-order valence-electron chi connectivity index (χ2n) is 3.89. The number of ether oxygens (including phenoxy) is 1. The molecular formula is C12H13FN2O5. The van der Waals surface area contributed by atoms with Crippen molar-refractivity contribution in [2.75, 3.05) is 6.61 Å². The van der Waals surface area contributed by atoms with Crippen LogP contribution in [0.5, 0.6) is 0 Å². The molecule has 0 spiro atoms. The molecule has 1 aromatic rings. The fourth-order valence-electron chi connectivity index (χ4n) is 1.59. The Bertz CT molecular complexity index is 559. The molecule has 1 aromatic carbocycles. The summed E-state index contributed by atoms with van der Waals surface area (Å²) in [5.41, 5.74) is 3.88. The lowest BCUT2D eigenvalue weighted by Crippen LogP contribution is -2.13. The Morgan fingerprint density at radius 2 is 2.10 bits per heavy atom. The number of hydrogen-bond acceptors (Lipinski definition) is 5. The molecule has 1 amide bonds. The Labute approximate surface area is 113 Å². The van der Waals surface area contributed by atoms with E-state index in [-0.39, 0.29) is 30.6 Å². The second-order valence-corrected chi connectivity index (χ2v) is 3.89. The van der Waals surface area contributed by atoms with E-state index in [1.807, 2.05) is 0 Å². The summed E-state index contributed by atoms with van der Waals surface area (Å²) in [6.07, 6.45) is -0.267. The number of primary amides is 1. The lowest BCUT2D eigenvalue weighted by Gasteiger charge is -2.06.